The Morgan fingerprint density at radius 2 is 1.89 bits per heavy atom. The van der Waals surface area contributed by atoms with Gasteiger partial charge in [0.1, 0.15) is 23.7 Å². The Bertz CT molecular complexity index is 2220. The predicted octanol–water partition coefficient (Wildman–Crippen LogP) is 3.99. The van der Waals surface area contributed by atoms with Gasteiger partial charge >= 0.3 is 12.1 Å². The van der Waals surface area contributed by atoms with Gasteiger partial charge in [-0.15, -0.1) is 6.42 Å². The van der Waals surface area contributed by atoms with Crippen LogP contribution >= 0.6 is 0 Å². The van der Waals surface area contributed by atoms with E-state index in [-0.39, 0.29) is 84.1 Å². The fraction of sp³-hybridized carbons (Fsp3) is 0.474. The molecule has 3 aliphatic heterocycles. The highest BCUT2D eigenvalue weighted by Gasteiger charge is 2.50. The number of benzene rings is 2. The first kappa shape index (κ1) is 35.5. The standard InChI is InChI=1S/C38H40FN7O8/c1-5-25-27(39)11-9-20-13-24(54-19-51-3)15-26(31(20)25)33(48)36-40-34-32(46(36)21-7-6-8-21)35(42-37(41-34)53-18-22-10-12-30(47)43(22)2)44-16-23-14-29(52-4)28(17-44)45(23)38(49)50/h1,9,11,13,15,21-23,28-29H,6-8,10,12,14,16-19H2,2-4H3,(H,49,50)/t22-,23?,28?,29?/m0/s1. The first-order valence-corrected chi connectivity index (χ1v) is 18.0. The lowest BCUT2D eigenvalue weighted by Crippen LogP contribution is -2.57. The molecule has 3 saturated heterocycles. The van der Waals surface area contributed by atoms with Crippen LogP contribution in [-0.2, 0) is 14.3 Å². The molecule has 54 heavy (non-hydrogen) atoms. The number of carbonyl (C=O) groups is 3. The van der Waals surface area contributed by atoms with Gasteiger partial charge < -0.3 is 38.4 Å². The lowest BCUT2D eigenvalue weighted by Gasteiger charge is -2.40. The van der Waals surface area contributed by atoms with Gasteiger partial charge in [-0.25, -0.2) is 14.2 Å². The topological polar surface area (TPSA) is 162 Å². The third kappa shape index (κ3) is 5.91. The van der Waals surface area contributed by atoms with Crippen molar-refractivity contribution in [2.75, 3.05) is 52.7 Å². The monoisotopic (exact) mass is 741 g/mol. The molecule has 2 amide bonds. The number of fused-ring (bicyclic) bond motifs is 4. The number of nitrogens with zero attached hydrogens (tertiary/aromatic N) is 7. The van der Waals surface area contributed by atoms with Crippen LogP contribution in [0.4, 0.5) is 15.0 Å². The fourth-order valence-electron chi connectivity index (χ4n) is 8.34. The van der Waals surface area contributed by atoms with Crippen molar-refractivity contribution in [2.24, 2.45) is 0 Å². The van der Waals surface area contributed by atoms with Crippen molar-refractivity contribution in [3.05, 3.63) is 47.0 Å². The number of amides is 2. The number of halogens is 1. The molecule has 16 heteroatoms. The molecule has 4 aromatic rings. The SMILES string of the molecule is C#Cc1c(F)ccc2cc(OCOC)cc(C(=O)c3nc4nc(OC[C@@H]5CCC(=O)N5C)nc(N5CC6CC(OC)C(C5)N6C(=O)O)c4n3C3CCC3)c12. The van der Waals surface area contributed by atoms with E-state index in [2.05, 4.69) is 5.92 Å². The highest BCUT2D eigenvalue weighted by Crippen LogP contribution is 2.42. The zero-order chi connectivity index (χ0) is 37.8. The smallest absolute Gasteiger partial charge is 0.408 e. The Labute approximate surface area is 309 Å². The zero-order valence-corrected chi connectivity index (χ0v) is 30.2. The number of hydrogen-bond acceptors (Lipinski definition) is 11. The Morgan fingerprint density at radius 3 is 2.56 bits per heavy atom. The number of hydrogen-bond donors (Lipinski definition) is 1. The van der Waals surface area contributed by atoms with Crippen LogP contribution in [0.1, 0.15) is 66.3 Å². The molecular formula is C38H40FN7O8. The van der Waals surface area contributed by atoms with Crippen LogP contribution < -0.4 is 14.4 Å². The lowest BCUT2D eigenvalue weighted by atomic mass is 9.91. The number of rotatable bonds is 11. The number of piperazine rings is 1. The van der Waals surface area contributed by atoms with Crippen LogP contribution in [0.5, 0.6) is 11.8 Å². The molecule has 1 N–H and O–H groups in total. The molecule has 15 nitrogen and oxygen atoms in total. The van der Waals surface area contributed by atoms with E-state index in [0.717, 1.165) is 19.3 Å². The van der Waals surface area contributed by atoms with Gasteiger partial charge in [0.15, 0.2) is 24.1 Å². The van der Waals surface area contributed by atoms with Gasteiger partial charge in [0.2, 0.25) is 11.7 Å². The van der Waals surface area contributed by atoms with Crippen LogP contribution in [0, 0.1) is 18.2 Å². The minimum Gasteiger partial charge on any atom is -0.468 e. The van der Waals surface area contributed by atoms with Crippen LogP contribution in [0.3, 0.4) is 0 Å². The van der Waals surface area contributed by atoms with Crippen LogP contribution in [0.2, 0.25) is 0 Å². The molecule has 3 unspecified atom stereocenters. The van der Waals surface area contributed by atoms with Gasteiger partial charge in [0.25, 0.3) is 0 Å². The maximum absolute atomic E-state index is 15.2. The van der Waals surface area contributed by atoms with E-state index in [0.29, 0.717) is 48.3 Å². The van der Waals surface area contributed by atoms with Crippen molar-refractivity contribution in [3.8, 4) is 24.1 Å². The normalized spacial score (nSPS) is 22.6. The minimum atomic E-state index is -1.02. The van der Waals surface area contributed by atoms with Crippen molar-refractivity contribution in [1.82, 2.24) is 29.3 Å². The van der Waals surface area contributed by atoms with E-state index in [1.807, 2.05) is 9.47 Å². The van der Waals surface area contributed by atoms with Crippen molar-refractivity contribution in [1.29, 1.82) is 0 Å². The number of terminal acetylenes is 1. The maximum atomic E-state index is 15.2. The van der Waals surface area contributed by atoms with Crippen molar-refractivity contribution in [2.45, 2.75) is 68.8 Å². The highest BCUT2D eigenvalue weighted by atomic mass is 19.1. The molecule has 282 valence electrons. The second kappa shape index (κ2) is 14.0. The number of ketones is 1. The van der Waals surface area contributed by atoms with Crippen LogP contribution in [-0.4, -0.2) is 124 Å². The van der Waals surface area contributed by atoms with E-state index in [1.54, 1.807) is 25.1 Å². The van der Waals surface area contributed by atoms with E-state index in [9.17, 15) is 19.5 Å². The first-order chi connectivity index (χ1) is 26.1. The van der Waals surface area contributed by atoms with Gasteiger partial charge in [-0.2, -0.15) is 9.97 Å². The molecular weight excluding hydrogens is 701 g/mol. The van der Waals surface area contributed by atoms with Crippen molar-refractivity contribution < 1.29 is 42.8 Å². The summed E-state index contributed by atoms with van der Waals surface area (Å²) >= 11 is 0. The third-order valence-corrected chi connectivity index (χ3v) is 11.3. The van der Waals surface area contributed by atoms with Crippen LogP contribution in [0.25, 0.3) is 21.9 Å². The molecule has 1 saturated carbocycles. The highest BCUT2D eigenvalue weighted by molar-refractivity contribution is 6.17. The summed E-state index contributed by atoms with van der Waals surface area (Å²) in [6.07, 6.45) is 8.48. The third-order valence-electron chi connectivity index (χ3n) is 11.3. The largest absolute Gasteiger partial charge is 0.468 e. The zero-order valence-electron chi connectivity index (χ0n) is 30.2. The average molecular weight is 742 g/mol. The summed E-state index contributed by atoms with van der Waals surface area (Å²) in [5.41, 5.74) is 0.737. The number of likely N-dealkylation sites (tertiary alicyclic amines) is 1. The molecule has 4 aliphatic rings. The van der Waals surface area contributed by atoms with E-state index < -0.39 is 23.7 Å². The fourth-order valence-corrected chi connectivity index (χ4v) is 8.34. The van der Waals surface area contributed by atoms with E-state index in [1.165, 1.54) is 30.2 Å². The number of carbonyl (C=O) groups excluding carboxylic acids is 2. The summed E-state index contributed by atoms with van der Waals surface area (Å²) in [5, 5.41) is 10.9. The molecule has 4 fully saturated rings. The maximum Gasteiger partial charge on any atom is 0.408 e. The number of imidazole rings is 1. The quantitative estimate of drug-likeness (QED) is 0.134. The molecule has 2 aromatic carbocycles. The number of aromatic nitrogens is 4. The van der Waals surface area contributed by atoms with Gasteiger partial charge in [-0.05, 0) is 55.7 Å². The Morgan fingerprint density at radius 1 is 1.07 bits per heavy atom. The van der Waals surface area contributed by atoms with E-state index >= 15 is 4.39 Å². The second-order valence-electron chi connectivity index (χ2n) is 14.2. The Balaban J connectivity index is 1.30. The number of anilines is 1. The first-order valence-electron chi connectivity index (χ1n) is 18.0. The molecule has 8 rings (SSSR count). The van der Waals surface area contributed by atoms with E-state index in [4.69, 9.17) is 40.3 Å². The van der Waals surface area contributed by atoms with Gasteiger partial charge in [-0.1, -0.05) is 12.0 Å². The minimum absolute atomic E-state index is 0.0101. The summed E-state index contributed by atoms with van der Waals surface area (Å²) in [6.45, 7) is 0.630. The molecule has 5 heterocycles. The summed E-state index contributed by atoms with van der Waals surface area (Å²) in [5.74, 6) is 2.10. The van der Waals surface area contributed by atoms with Gasteiger partial charge in [0.05, 0.1) is 29.8 Å². The Hall–Kier alpha value is -5.53. The lowest BCUT2D eigenvalue weighted by molar-refractivity contribution is -0.127. The number of ether oxygens (including phenoxy) is 4. The number of methoxy groups -OCH3 is 2. The molecule has 0 radical (unpaired) electrons. The second-order valence-corrected chi connectivity index (χ2v) is 14.2. The summed E-state index contributed by atoms with van der Waals surface area (Å²) in [4.78, 5) is 59.2. The summed E-state index contributed by atoms with van der Waals surface area (Å²) in [7, 11) is 4.79. The Kier molecular flexibility index (Phi) is 9.22. The van der Waals surface area contributed by atoms with Crippen LogP contribution in [0.15, 0.2) is 24.3 Å². The number of carboxylic acid groups (broad SMARTS) is 1. The van der Waals surface area contributed by atoms with Gasteiger partial charge in [0, 0.05) is 57.8 Å². The molecule has 2 aromatic heterocycles. The van der Waals surface area contributed by atoms with Crippen molar-refractivity contribution >= 4 is 45.5 Å². The summed E-state index contributed by atoms with van der Waals surface area (Å²) < 4.78 is 39.8. The summed E-state index contributed by atoms with van der Waals surface area (Å²) in [6, 6.07) is 4.83. The molecule has 0 spiro atoms. The molecule has 4 atom stereocenters. The number of likely N-dealkylation sites (N-methyl/N-ethyl adjacent to an activating group) is 1. The predicted molar refractivity (Wildman–Crippen MR) is 192 cm³/mol. The molecule has 1 aliphatic carbocycles. The average Bonchev–Trinajstić information content (AvgIpc) is 3.75. The molecule has 2 bridgehead atoms. The van der Waals surface area contributed by atoms with Gasteiger partial charge in [-0.3, -0.25) is 14.5 Å². The van der Waals surface area contributed by atoms with Crippen molar-refractivity contribution in [3.63, 3.8) is 0 Å².